The highest BCUT2D eigenvalue weighted by molar-refractivity contribution is 5.94. The van der Waals surface area contributed by atoms with Crippen LogP contribution in [0, 0.1) is 0 Å². The van der Waals surface area contributed by atoms with Gasteiger partial charge in [-0.25, -0.2) is 0 Å². The normalized spacial score (nSPS) is 20.4. The molecule has 3 N–H and O–H groups in total. The maximum absolute atomic E-state index is 12.0. The minimum Gasteiger partial charge on any atom is -0.456 e. The number of ether oxygens (including phenoxy) is 1. The minimum absolute atomic E-state index is 0.0696. The molecule has 1 heterocycles. The summed E-state index contributed by atoms with van der Waals surface area (Å²) >= 11 is 0. The van der Waals surface area contributed by atoms with E-state index in [4.69, 9.17) is 10.5 Å². The molecule has 0 radical (unpaired) electrons. The fourth-order valence-electron chi connectivity index (χ4n) is 2.27. The predicted octanol–water partition coefficient (Wildman–Crippen LogP) is 2.09. The first kappa shape index (κ1) is 13.6. The van der Waals surface area contributed by atoms with E-state index in [1.807, 2.05) is 6.07 Å². The quantitative estimate of drug-likeness (QED) is 0.900. The summed E-state index contributed by atoms with van der Waals surface area (Å²) in [4.78, 5) is 16.0. The van der Waals surface area contributed by atoms with Crippen LogP contribution in [-0.4, -0.2) is 23.0 Å². The van der Waals surface area contributed by atoms with Gasteiger partial charge in [0, 0.05) is 23.8 Å². The predicted molar refractivity (Wildman–Crippen MR) is 79.2 cm³/mol. The molecular formula is C16H17N3O2. The molecule has 0 aliphatic heterocycles. The summed E-state index contributed by atoms with van der Waals surface area (Å²) in [5.41, 5.74) is 6.32. The molecule has 3 rings (SSSR count). The molecule has 1 aromatic carbocycles. The molecule has 1 aromatic heterocycles. The Morgan fingerprint density at radius 1 is 1.19 bits per heavy atom. The van der Waals surface area contributed by atoms with Crippen molar-refractivity contribution in [3.8, 4) is 11.5 Å². The van der Waals surface area contributed by atoms with E-state index in [1.165, 1.54) is 0 Å². The molecule has 1 aliphatic rings. The summed E-state index contributed by atoms with van der Waals surface area (Å²) in [6.07, 6.45) is 5.04. The molecule has 108 valence electrons. The van der Waals surface area contributed by atoms with Crippen LogP contribution < -0.4 is 15.8 Å². The van der Waals surface area contributed by atoms with Crippen molar-refractivity contribution >= 4 is 5.91 Å². The van der Waals surface area contributed by atoms with Gasteiger partial charge in [-0.3, -0.25) is 9.78 Å². The van der Waals surface area contributed by atoms with Crippen LogP contribution in [-0.2, 0) is 0 Å². The maximum atomic E-state index is 12.0. The number of hydrogen-bond acceptors (Lipinski definition) is 4. The Morgan fingerprint density at radius 3 is 2.57 bits per heavy atom. The van der Waals surface area contributed by atoms with Gasteiger partial charge in [0.25, 0.3) is 5.91 Å². The third kappa shape index (κ3) is 3.38. The number of hydrogen-bond donors (Lipinski definition) is 2. The lowest BCUT2D eigenvalue weighted by Gasteiger charge is -2.32. The van der Waals surface area contributed by atoms with Crippen molar-refractivity contribution in [2.24, 2.45) is 5.73 Å². The number of carbonyl (C=O) groups is 1. The molecule has 1 fully saturated rings. The number of carbonyl (C=O) groups excluding carboxylic acids is 1. The van der Waals surface area contributed by atoms with Crippen LogP contribution in [0.3, 0.4) is 0 Å². The van der Waals surface area contributed by atoms with Gasteiger partial charge in [-0.05, 0) is 49.2 Å². The minimum atomic E-state index is -0.0696. The number of rotatable bonds is 4. The van der Waals surface area contributed by atoms with Crippen LogP contribution in [0.25, 0.3) is 0 Å². The second-order valence-corrected chi connectivity index (χ2v) is 5.22. The van der Waals surface area contributed by atoms with Crippen molar-refractivity contribution in [1.82, 2.24) is 10.3 Å². The second kappa shape index (κ2) is 5.93. The molecule has 0 spiro atoms. The zero-order valence-electron chi connectivity index (χ0n) is 11.5. The summed E-state index contributed by atoms with van der Waals surface area (Å²) < 4.78 is 5.63. The largest absolute Gasteiger partial charge is 0.456 e. The third-order valence-corrected chi connectivity index (χ3v) is 3.50. The van der Waals surface area contributed by atoms with Crippen molar-refractivity contribution in [3.05, 3.63) is 54.4 Å². The molecule has 0 atom stereocenters. The van der Waals surface area contributed by atoms with Crippen LogP contribution in [0.4, 0.5) is 0 Å². The standard InChI is InChI=1S/C16H17N3O2/c17-12-8-13(9-12)19-16(20)11-3-5-14(6-4-11)21-15-2-1-7-18-10-15/h1-7,10,12-13H,8-9,17H2,(H,19,20). The van der Waals surface area contributed by atoms with E-state index in [9.17, 15) is 4.79 Å². The third-order valence-electron chi connectivity index (χ3n) is 3.50. The molecule has 0 unspecified atom stereocenters. The van der Waals surface area contributed by atoms with Gasteiger partial charge in [-0.1, -0.05) is 0 Å². The maximum Gasteiger partial charge on any atom is 0.251 e. The monoisotopic (exact) mass is 283 g/mol. The Hall–Kier alpha value is -2.40. The first-order chi connectivity index (χ1) is 10.2. The highest BCUT2D eigenvalue weighted by atomic mass is 16.5. The van der Waals surface area contributed by atoms with Crippen molar-refractivity contribution < 1.29 is 9.53 Å². The van der Waals surface area contributed by atoms with Gasteiger partial charge >= 0.3 is 0 Å². The van der Waals surface area contributed by atoms with Crippen molar-refractivity contribution in [1.29, 1.82) is 0 Å². The van der Waals surface area contributed by atoms with Gasteiger partial charge in [-0.15, -0.1) is 0 Å². The van der Waals surface area contributed by atoms with Crippen LogP contribution in [0.15, 0.2) is 48.8 Å². The van der Waals surface area contributed by atoms with E-state index in [0.717, 1.165) is 12.8 Å². The van der Waals surface area contributed by atoms with Crippen LogP contribution >= 0.6 is 0 Å². The second-order valence-electron chi connectivity index (χ2n) is 5.22. The molecular weight excluding hydrogens is 266 g/mol. The van der Waals surface area contributed by atoms with E-state index in [-0.39, 0.29) is 18.0 Å². The molecule has 21 heavy (non-hydrogen) atoms. The van der Waals surface area contributed by atoms with Crippen LogP contribution in [0.2, 0.25) is 0 Å². The van der Waals surface area contributed by atoms with Crippen molar-refractivity contribution in [2.75, 3.05) is 0 Å². The Bertz CT molecular complexity index is 607. The molecule has 2 aromatic rings. The van der Waals surface area contributed by atoms with Gasteiger partial charge in [0.05, 0.1) is 6.20 Å². The van der Waals surface area contributed by atoms with Crippen LogP contribution in [0.5, 0.6) is 11.5 Å². The van der Waals surface area contributed by atoms with Gasteiger partial charge in [-0.2, -0.15) is 0 Å². The Kier molecular flexibility index (Phi) is 3.83. The molecule has 0 bridgehead atoms. The SMILES string of the molecule is NC1CC(NC(=O)c2ccc(Oc3cccnc3)cc2)C1. The number of nitrogens with one attached hydrogen (secondary N) is 1. The summed E-state index contributed by atoms with van der Waals surface area (Å²) in [6.45, 7) is 0. The van der Waals surface area contributed by atoms with Gasteiger partial charge in [0.2, 0.25) is 0 Å². The number of nitrogens with zero attached hydrogens (tertiary/aromatic N) is 1. The molecule has 1 aliphatic carbocycles. The van der Waals surface area contributed by atoms with E-state index >= 15 is 0 Å². The Labute approximate surface area is 123 Å². The Balaban J connectivity index is 1.60. The molecule has 1 amide bonds. The van der Waals surface area contributed by atoms with E-state index in [1.54, 1.807) is 42.7 Å². The van der Waals surface area contributed by atoms with E-state index in [2.05, 4.69) is 10.3 Å². The van der Waals surface area contributed by atoms with Crippen molar-refractivity contribution in [2.45, 2.75) is 24.9 Å². The lowest BCUT2D eigenvalue weighted by molar-refractivity contribution is 0.0910. The highest BCUT2D eigenvalue weighted by Gasteiger charge is 2.27. The van der Waals surface area contributed by atoms with Gasteiger partial charge < -0.3 is 15.8 Å². The summed E-state index contributed by atoms with van der Waals surface area (Å²) in [5.74, 6) is 1.27. The average Bonchev–Trinajstić information content (AvgIpc) is 2.47. The molecule has 5 nitrogen and oxygen atoms in total. The fourth-order valence-corrected chi connectivity index (χ4v) is 2.27. The number of nitrogens with two attached hydrogens (primary N) is 1. The lowest BCUT2D eigenvalue weighted by Crippen LogP contribution is -2.50. The Morgan fingerprint density at radius 2 is 1.95 bits per heavy atom. The lowest BCUT2D eigenvalue weighted by atomic mass is 9.87. The summed E-state index contributed by atoms with van der Waals surface area (Å²) in [5, 5.41) is 2.96. The topological polar surface area (TPSA) is 77.2 Å². The van der Waals surface area contributed by atoms with Gasteiger partial charge in [0.1, 0.15) is 11.5 Å². The zero-order chi connectivity index (χ0) is 14.7. The smallest absolute Gasteiger partial charge is 0.251 e. The molecule has 0 saturated heterocycles. The fraction of sp³-hybridized carbons (Fsp3) is 0.250. The van der Waals surface area contributed by atoms with E-state index in [0.29, 0.717) is 17.1 Å². The number of pyridine rings is 1. The van der Waals surface area contributed by atoms with Crippen LogP contribution in [0.1, 0.15) is 23.2 Å². The first-order valence-electron chi connectivity index (χ1n) is 6.95. The van der Waals surface area contributed by atoms with E-state index < -0.39 is 0 Å². The first-order valence-corrected chi connectivity index (χ1v) is 6.95. The molecule has 5 heteroatoms. The van der Waals surface area contributed by atoms with Crippen molar-refractivity contribution in [3.63, 3.8) is 0 Å². The van der Waals surface area contributed by atoms with Gasteiger partial charge in [0.15, 0.2) is 0 Å². The average molecular weight is 283 g/mol. The zero-order valence-corrected chi connectivity index (χ0v) is 11.5. The number of aromatic nitrogens is 1. The number of amides is 1. The summed E-state index contributed by atoms with van der Waals surface area (Å²) in [6, 6.07) is 11.1. The summed E-state index contributed by atoms with van der Waals surface area (Å²) in [7, 11) is 0. The molecule has 1 saturated carbocycles. The number of benzene rings is 1. The highest BCUT2D eigenvalue weighted by Crippen LogP contribution is 2.21.